The SMILES string of the molecule is C(=Cc1cncc(N2C[C@H]3CNC[C@H]3C2)c1)c1ccccc1. The summed E-state index contributed by atoms with van der Waals surface area (Å²) in [6.45, 7) is 4.65. The topological polar surface area (TPSA) is 28.2 Å². The zero-order valence-electron chi connectivity index (χ0n) is 12.7. The van der Waals surface area contributed by atoms with Gasteiger partial charge in [-0.15, -0.1) is 0 Å². The van der Waals surface area contributed by atoms with Gasteiger partial charge in [-0.3, -0.25) is 4.98 Å². The van der Waals surface area contributed by atoms with E-state index >= 15 is 0 Å². The fourth-order valence-corrected chi connectivity index (χ4v) is 3.53. The number of hydrogen-bond donors (Lipinski definition) is 1. The summed E-state index contributed by atoms with van der Waals surface area (Å²) in [6, 6.07) is 12.6. The first-order valence-corrected chi connectivity index (χ1v) is 8.02. The minimum Gasteiger partial charge on any atom is -0.370 e. The highest BCUT2D eigenvalue weighted by Crippen LogP contribution is 2.30. The molecule has 3 heterocycles. The largest absolute Gasteiger partial charge is 0.370 e. The minimum absolute atomic E-state index is 0.809. The molecule has 0 amide bonds. The van der Waals surface area contributed by atoms with E-state index in [1.165, 1.54) is 24.3 Å². The maximum Gasteiger partial charge on any atom is 0.0558 e. The van der Waals surface area contributed by atoms with Crippen LogP contribution >= 0.6 is 0 Å². The average molecular weight is 291 g/mol. The summed E-state index contributed by atoms with van der Waals surface area (Å²) >= 11 is 0. The Morgan fingerprint density at radius 2 is 1.68 bits per heavy atom. The number of rotatable bonds is 3. The summed E-state index contributed by atoms with van der Waals surface area (Å²) in [4.78, 5) is 6.92. The molecular weight excluding hydrogens is 270 g/mol. The lowest BCUT2D eigenvalue weighted by Crippen LogP contribution is -2.25. The van der Waals surface area contributed by atoms with Crippen molar-refractivity contribution in [3.05, 3.63) is 59.9 Å². The maximum absolute atomic E-state index is 4.43. The summed E-state index contributed by atoms with van der Waals surface area (Å²) in [6.07, 6.45) is 8.21. The number of nitrogens with zero attached hydrogens (tertiary/aromatic N) is 2. The Labute approximate surface area is 131 Å². The molecule has 0 saturated carbocycles. The van der Waals surface area contributed by atoms with Gasteiger partial charge in [0.15, 0.2) is 0 Å². The Morgan fingerprint density at radius 1 is 0.955 bits per heavy atom. The van der Waals surface area contributed by atoms with Gasteiger partial charge in [-0.2, -0.15) is 0 Å². The van der Waals surface area contributed by atoms with Gasteiger partial charge in [0.05, 0.1) is 11.9 Å². The van der Waals surface area contributed by atoms with Crippen molar-refractivity contribution < 1.29 is 0 Å². The molecule has 2 aromatic rings. The highest BCUT2D eigenvalue weighted by molar-refractivity contribution is 5.70. The first kappa shape index (κ1) is 13.5. The van der Waals surface area contributed by atoms with Crippen LogP contribution in [0.3, 0.4) is 0 Å². The van der Waals surface area contributed by atoms with E-state index < -0.39 is 0 Å². The molecule has 2 fully saturated rings. The first-order chi connectivity index (χ1) is 10.9. The third kappa shape index (κ3) is 2.77. The van der Waals surface area contributed by atoms with Crippen molar-refractivity contribution >= 4 is 17.8 Å². The molecule has 2 aliphatic heterocycles. The highest BCUT2D eigenvalue weighted by Gasteiger charge is 2.36. The molecule has 22 heavy (non-hydrogen) atoms. The van der Waals surface area contributed by atoms with Crippen molar-refractivity contribution in [1.82, 2.24) is 10.3 Å². The van der Waals surface area contributed by atoms with Crippen LogP contribution in [0.2, 0.25) is 0 Å². The summed E-state index contributed by atoms with van der Waals surface area (Å²) in [5.74, 6) is 1.62. The van der Waals surface area contributed by atoms with Crippen molar-refractivity contribution in [3.8, 4) is 0 Å². The van der Waals surface area contributed by atoms with Crippen molar-refractivity contribution in [1.29, 1.82) is 0 Å². The molecular formula is C19H21N3. The molecule has 2 saturated heterocycles. The van der Waals surface area contributed by atoms with Crippen molar-refractivity contribution in [3.63, 3.8) is 0 Å². The van der Waals surface area contributed by atoms with Crippen molar-refractivity contribution in [2.24, 2.45) is 11.8 Å². The van der Waals surface area contributed by atoms with E-state index in [4.69, 9.17) is 0 Å². The van der Waals surface area contributed by atoms with Crippen LogP contribution in [0, 0.1) is 11.8 Å². The minimum atomic E-state index is 0.809. The van der Waals surface area contributed by atoms with Gasteiger partial charge in [-0.1, -0.05) is 42.5 Å². The molecule has 2 atom stereocenters. The van der Waals surface area contributed by atoms with E-state index in [0.29, 0.717) is 0 Å². The van der Waals surface area contributed by atoms with Gasteiger partial charge < -0.3 is 10.2 Å². The number of aromatic nitrogens is 1. The van der Waals surface area contributed by atoms with E-state index in [2.05, 4.69) is 57.7 Å². The van der Waals surface area contributed by atoms with Crippen LogP contribution in [0.4, 0.5) is 5.69 Å². The quantitative estimate of drug-likeness (QED) is 0.942. The number of fused-ring (bicyclic) bond motifs is 1. The fourth-order valence-electron chi connectivity index (χ4n) is 3.53. The molecule has 1 aromatic heterocycles. The lowest BCUT2D eigenvalue weighted by molar-refractivity contribution is 0.533. The summed E-state index contributed by atoms with van der Waals surface area (Å²) in [5, 5.41) is 3.49. The summed E-state index contributed by atoms with van der Waals surface area (Å²) < 4.78 is 0. The molecule has 0 radical (unpaired) electrons. The van der Waals surface area contributed by atoms with Crippen molar-refractivity contribution in [2.75, 3.05) is 31.1 Å². The maximum atomic E-state index is 4.43. The molecule has 4 rings (SSSR count). The average Bonchev–Trinajstić information content (AvgIpc) is 3.16. The Hall–Kier alpha value is -2.13. The van der Waals surface area contributed by atoms with E-state index in [1.807, 2.05) is 18.5 Å². The Bertz CT molecular complexity index is 653. The number of hydrogen-bond acceptors (Lipinski definition) is 3. The number of pyridine rings is 1. The predicted molar refractivity (Wildman–Crippen MR) is 91.7 cm³/mol. The molecule has 0 unspecified atom stereocenters. The van der Waals surface area contributed by atoms with Crippen LogP contribution < -0.4 is 10.2 Å². The molecule has 112 valence electrons. The Balaban J connectivity index is 1.50. The van der Waals surface area contributed by atoms with Crippen LogP contribution in [-0.4, -0.2) is 31.2 Å². The van der Waals surface area contributed by atoms with Gasteiger partial charge in [-0.05, 0) is 29.0 Å². The number of nitrogens with one attached hydrogen (secondary N) is 1. The summed E-state index contributed by atoms with van der Waals surface area (Å²) in [7, 11) is 0. The van der Waals surface area contributed by atoms with Crippen molar-refractivity contribution in [2.45, 2.75) is 0 Å². The molecule has 0 aliphatic carbocycles. The van der Waals surface area contributed by atoms with Crippen LogP contribution in [0.15, 0.2) is 48.8 Å². The third-order valence-corrected chi connectivity index (χ3v) is 4.77. The number of benzene rings is 1. The lowest BCUT2D eigenvalue weighted by Gasteiger charge is -2.19. The number of anilines is 1. The molecule has 0 spiro atoms. The molecule has 2 aliphatic rings. The fraction of sp³-hybridized carbons (Fsp3) is 0.316. The molecule has 3 heteroatoms. The smallest absolute Gasteiger partial charge is 0.0558 e. The normalized spacial score (nSPS) is 24.1. The second-order valence-corrected chi connectivity index (χ2v) is 6.30. The predicted octanol–water partition coefficient (Wildman–Crippen LogP) is 2.91. The van der Waals surface area contributed by atoms with E-state index in [9.17, 15) is 0 Å². The zero-order chi connectivity index (χ0) is 14.8. The van der Waals surface area contributed by atoms with Crippen LogP contribution in [-0.2, 0) is 0 Å². The van der Waals surface area contributed by atoms with Gasteiger partial charge in [0.1, 0.15) is 0 Å². The van der Waals surface area contributed by atoms with E-state index in [1.54, 1.807) is 0 Å². The molecule has 1 N–H and O–H groups in total. The van der Waals surface area contributed by atoms with Gasteiger partial charge >= 0.3 is 0 Å². The van der Waals surface area contributed by atoms with E-state index in [-0.39, 0.29) is 0 Å². The summed E-state index contributed by atoms with van der Waals surface area (Å²) in [5.41, 5.74) is 3.64. The lowest BCUT2D eigenvalue weighted by atomic mass is 10.0. The van der Waals surface area contributed by atoms with Crippen LogP contribution in [0.25, 0.3) is 12.2 Å². The van der Waals surface area contributed by atoms with Crippen LogP contribution in [0.1, 0.15) is 11.1 Å². The van der Waals surface area contributed by atoms with E-state index in [0.717, 1.165) is 30.5 Å². The van der Waals surface area contributed by atoms with Gasteiger partial charge in [0.2, 0.25) is 0 Å². The molecule has 0 bridgehead atoms. The zero-order valence-corrected chi connectivity index (χ0v) is 12.7. The molecule has 3 nitrogen and oxygen atoms in total. The van der Waals surface area contributed by atoms with Gasteiger partial charge in [0.25, 0.3) is 0 Å². The standard InChI is InChI=1S/C19H21N3/c1-2-4-15(5-3-1)6-7-16-8-19(12-20-9-16)22-13-17-10-21-11-18(17)14-22/h1-9,12,17-18,21H,10-11,13-14H2/t17-,18+. The first-order valence-electron chi connectivity index (χ1n) is 8.02. The Kier molecular flexibility index (Phi) is 3.65. The second kappa shape index (κ2) is 5.93. The van der Waals surface area contributed by atoms with Crippen LogP contribution in [0.5, 0.6) is 0 Å². The molecule has 1 aromatic carbocycles. The highest BCUT2D eigenvalue weighted by atomic mass is 15.2. The monoisotopic (exact) mass is 291 g/mol. The second-order valence-electron chi connectivity index (χ2n) is 6.30. The third-order valence-electron chi connectivity index (χ3n) is 4.77. The van der Waals surface area contributed by atoms with Gasteiger partial charge in [-0.25, -0.2) is 0 Å². The Morgan fingerprint density at radius 3 is 2.45 bits per heavy atom. The van der Waals surface area contributed by atoms with Gasteiger partial charge in [0, 0.05) is 32.4 Å².